The van der Waals surface area contributed by atoms with Gasteiger partial charge in [-0.2, -0.15) is 4.68 Å². The number of carbonyl (C=O) groups excluding carboxylic acids is 1. The molecule has 23 heavy (non-hydrogen) atoms. The molecule has 0 aliphatic heterocycles. The van der Waals surface area contributed by atoms with E-state index in [2.05, 4.69) is 25.3 Å². The number of nitrogens with two attached hydrogens (primary N) is 2. The first-order chi connectivity index (χ1) is 11.2. The lowest BCUT2D eigenvalue weighted by Gasteiger charge is -2.05. The third kappa shape index (κ3) is 3.00. The Kier molecular flexibility index (Phi) is 4.21. The van der Waals surface area contributed by atoms with Crippen LogP contribution in [-0.4, -0.2) is 31.2 Å². The number of benzene rings is 1. The minimum absolute atomic E-state index is 0.0422. The van der Waals surface area contributed by atoms with Crippen LogP contribution in [-0.2, 0) is 5.75 Å². The maximum atomic E-state index is 11.9. The van der Waals surface area contributed by atoms with E-state index in [1.54, 1.807) is 0 Å². The van der Waals surface area contributed by atoms with Crippen LogP contribution in [0.5, 0.6) is 0 Å². The summed E-state index contributed by atoms with van der Waals surface area (Å²) in [6, 6.07) is 9.67. The van der Waals surface area contributed by atoms with Crippen molar-refractivity contribution in [2.75, 3.05) is 5.73 Å². The Hall–Kier alpha value is -2.92. The molecule has 0 saturated carbocycles. The zero-order valence-corrected chi connectivity index (χ0v) is 12.5. The minimum atomic E-state index is -0.560. The summed E-state index contributed by atoms with van der Waals surface area (Å²) in [5.74, 6) is 5.22. The number of anilines is 1. The number of nitrogens with zero attached hydrogens (tertiary/aromatic N) is 5. The average molecular weight is 332 g/mol. The van der Waals surface area contributed by atoms with Crippen molar-refractivity contribution in [3.8, 4) is 5.82 Å². The maximum Gasteiger partial charge on any atom is 0.287 e. The highest BCUT2D eigenvalue weighted by atomic mass is 32.2. The second-order valence-corrected chi connectivity index (χ2v) is 5.39. The Bertz CT molecular complexity index is 816. The van der Waals surface area contributed by atoms with Gasteiger partial charge in [0.1, 0.15) is 0 Å². The van der Waals surface area contributed by atoms with Gasteiger partial charge in [-0.3, -0.25) is 10.2 Å². The molecule has 10 nitrogen and oxygen atoms in total. The zero-order chi connectivity index (χ0) is 16.2. The second-order valence-electron chi connectivity index (χ2n) is 4.34. The topological polar surface area (TPSA) is 151 Å². The molecule has 0 aliphatic rings. The summed E-state index contributed by atoms with van der Waals surface area (Å²) in [6.45, 7) is 0. The lowest BCUT2D eigenvalue weighted by molar-refractivity contribution is 0.0948. The van der Waals surface area contributed by atoms with E-state index in [-0.39, 0.29) is 17.3 Å². The predicted molar refractivity (Wildman–Crippen MR) is 81.3 cm³/mol. The van der Waals surface area contributed by atoms with Crippen LogP contribution in [0.2, 0.25) is 0 Å². The van der Waals surface area contributed by atoms with Crippen molar-refractivity contribution in [1.29, 1.82) is 0 Å². The predicted octanol–water partition coefficient (Wildman–Crippen LogP) is 0.128. The summed E-state index contributed by atoms with van der Waals surface area (Å²) in [6.07, 6.45) is 0. The molecule has 0 radical (unpaired) electrons. The molecule has 0 atom stereocenters. The third-order valence-corrected chi connectivity index (χ3v) is 3.95. The molecule has 2 heterocycles. The van der Waals surface area contributed by atoms with E-state index in [0.717, 1.165) is 4.90 Å². The SMILES string of the molecule is NNC(=O)c1nnn(-c2nonc2N)c1CSc1ccccc1. The van der Waals surface area contributed by atoms with Gasteiger partial charge in [-0.1, -0.05) is 23.4 Å². The first-order valence-corrected chi connectivity index (χ1v) is 7.41. The summed E-state index contributed by atoms with van der Waals surface area (Å²) in [4.78, 5) is 12.9. The van der Waals surface area contributed by atoms with E-state index in [1.807, 2.05) is 35.8 Å². The third-order valence-electron chi connectivity index (χ3n) is 2.92. The van der Waals surface area contributed by atoms with Crippen molar-refractivity contribution in [2.24, 2.45) is 5.84 Å². The van der Waals surface area contributed by atoms with Gasteiger partial charge < -0.3 is 5.73 Å². The normalized spacial score (nSPS) is 10.7. The molecule has 5 N–H and O–H groups in total. The smallest absolute Gasteiger partial charge is 0.287 e. The van der Waals surface area contributed by atoms with E-state index < -0.39 is 5.91 Å². The van der Waals surface area contributed by atoms with Crippen LogP contribution < -0.4 is 17.0 Å². The molecule has 0 saturated heterocycles. The van der Waals surface area contributed by atoms with E-state index in [9.17, 15) is 4.79 Å². The molecular weight excluding hydrogens is 320 g/mol. The van der Waals surface area contributed by atoms with E-state index in [1.165, 1.54) is 16.4 Å². The van der Waals surface area contributed by atoms with Crippen molar-refractivity contribution >= 4 is 23.5 Å². The zero-order valence-electron chi connectivity index (χ0n) is 11.7. The van der Waals surface area contributed by atoms with Crippen LogP contribution in [0.15, 0.2) is 39.9 Å². The van der Waals surface area contributed by atoms with Crippen LogP contribution in [0.3, 0.4) is 0 Å². The summed E-state index contributed by atoms with van der Waals surface area (Å²) in [5, 5.41) is 14.9. The largest absolute Gasteiger partial charge is 0.378 e. The highest BCUT2D eigenvalue weighted by Gasteiger charge is 2.23. The summed E-state index contributed by atoms with van der Waals surface area (Å²) < 4.78 is 5.88. The molecule has 0 aliphatic carbocycles. The maximum absolute atomic E-state index is 11.9. The number of hydrogen-bond acceptors (Lipinski definition) is 9. The number of carbonyl (C=O) groups is 1. The summed E-state index contributed by atoms with van der Waals surface area (Å²) in [5.41, 5.74) is 8.27. The van der Waals surface area contributed by atoms with E-state index in [0.29, 0.717) is 11.4 Å². The van der Waals surface area contributed by atoms with Gasteiger partial charge >= 0.3 is 0 Å². The number of aromatic nitrogens is 5. The molecule has 0 fully saturated rings. The molecule has 1 aromatic carbocycles. The highest BCUT2D eigenvalue weighted by molar-refractivity contribution is 7.98. The second kappa shape index (κ2) is 6.46. The molecular formula is C12H12N8O2S. The van der Waals surface area contributed by atoms with Crippen molar-refractivity contribution in [1.82, 2.24) is 30.7 Å². The van der Waals surface area contributed by atoms with Crippen LogP contribution in [0.25, 0.3) is 5.82 Å². The van der Waals surface area contributed by atoms with Crippen molar-refractivity contribution in [3.63, 3.8) is 0 Å². The lowest BCUT2D eigenvalue weighted by atomic mass is 10.3. The highest BCUT2D eigenvalue weighted by Crippen LogP contribution is 2.25. The molecule has 11 heteroatoms. The minimum Gasteiger partial charge on any atom is -0.378 e. The monoisotopic (exact) mass is 332 g/mol. The Morgan fingerprint density at radius 2 is 2.09 bits per heavy atom. The van der Waals surface area contributed by atoms with Crippen molar-refractivity contribution in [3.05, 3.63) is 41.7 Å². The van der Waals surface area contributed by atoms with Crippen molar-refractivity contribution in [2.45, 2.75) is 10.6 Å². The fourth-order valence-corrected chi connectivity index (χ4v) is 2.76. The molecule has 0 spiro atoms. The van der Waals surface area contributed by atoms with Gasteiger partial charge in [0.15, 0.2) is 5.69 Å². The first-order valence-electron chi connectivity index (χ1n) is 6.42. The van der Waals surface area contributed by atoms with Crippen LogP contribution >= 0.6 is 11.8 Å². The Balaban J connectivity index is 1.96. The summed E-state index contributed by atoms with van der Waals surface area (Å²) in [7, 11) is 0. The molecule has 0 bridgehead atoms. The average Bonchev–Trinajstić information content (AvgIpc) is 3.18. The fraction of sp³-hybridized carbons (Fsp3) is 0.0833. The van der Waals surface area contributed by atoms with Gasteiger partial charge in [0.05, 0.1) is 5.69 Å². The van der Waals surface area contributed by atoms with Gasteiger partial charge in [-0.25, -0.2) is 10.5 Å². The number of amides is 1. The molecule has 118 valence electrons. The molecule has 0 unspecified atom stereocenters. The van der Waals surface area contributed by atoms with Gasteiger partial charge in [-0.05, 0) is 22.4 Å². The molecule has 3 rings (SSSR count). The standard InChI is InChI=1S/C12H12N8O2S/c13-10-11(18-22-17-10)20-8(9(16-19-20)12(21)15-14)6-23-7-4-2-1-3-5-7/h1-5H,6,14H2,(H2,13,17)(H,15,21). The fourth-order valence-electron chi connectivity index (χ4n) is 1.85. The van der Waals surface area contributed by atoms with E-state index in [4.69, 9.17) is 11.6 Å². The number of nitrogen functional groups attached to an aromatic ring is 2. The van der Waals surface area contributed by atoms with Crippen LogP contribution in [0, 0.1) is 0 Å². The number of hydrogen-bond donors (Lipinski definition) is 3. The Labute approximate surface area is 134 Å². The van der Waals surface area contributed by atoms with E-state index >= 15 is 0 Å². The Morgan fingerprint density at radius 1 is 1.30 bits per heavy atom. The molecule has 1 amide bonds. The van der Waals surface area contributed by atoms with Crippen molar-refractivity contribution < 1.29 is 9.42 Å². The quantitative estimate of drug-likeness (QED) is 0.256. The first kappa shape index (κ1) is 15.0. The summed E-state index contributed by atoms with van der Waals surface area (Å²) >= 11 is 1.50. The van der Waals surface area contributed by atoms with Crippen LogP contribution in [0.1, 0.15) is 16.2 Å². The number of nitrogens with one attached hydrogen (secondary N) is 1. The number of rotatable bonds is 5. The lowest BCUT2D eigenvalue weighted by Crippen LogP contribution is -2.31. The van der Waals surface area contributed by atoms with Gasteiger partial charge in [0.25, 0.3) is 5.91 Å². The molecule has 3 aromatic rings. The Morgan fingerprint density at radius 3 is 2.74 bits per heavy atom. The number of thioether (sulfide) groups is 1. The van der Waals surface area contributed by atoms with Gasteiger partial charge in [-0.15, -0.1) is 16.9 Å². The van der Waals surface area contributed by atoms with Gasteiger partial charge in [0.2, 0.25) is 11.6 Å². The van der Waals surface area contributed by atoms with Gasteiger partial charge in [0, 0.05) is 10.6 Å². The van der Waals surface area contributed by atoms with Crippen LogP contribution in [0.4, 0.5) is 5.82 Å². The number of hydrazine groups is 1. The molecule has 2 aromatic heterocycles.